The number of nitrogens with zero attached hydrogens (tertiary/aromatic N) is 1. The van der Waals surface area contributed by atoms with E-state index in [-0.39, 0.29) is 23.6 Å². The molecule has 5 atom stereocenters. The minimum atomic E-state index is -1.29. The molecule has 2 aromatic rings. The van der Waals surface area contributed by atoms with E-state index in [0.29, 0.717) is 19.4 Å². The summed E-state index contributed by atoms with van der Waals surface area (Å²) in [5.41, 5.74) is 1.84. The summed E-state index contributed by atoms with van der Waals surface area (Å²) in [7, 11) is 3.12. The molecule has 1 saturated carbocycles. The van der Waals surface area contributed by atoms with Crippen molar-refractivity contribution >= 4 is 17.7 Å². The molecular weight excluding hydrogens is 532 g/mol. The first kappa shape index (κ1) is 31.7. The molecule has 228 valence electrons. The summed E-state index contributed by atoms with van der Waals surface area (Å²) in [5.74, 6) is -1.13. The van der Waals surface area contributed by atoms with E-state index in [1.54, 1.807) is 18.9 Å². The van der Waals surface area contributed by atoms with Crippen LogP contribution in [0, 0.1) is 5.92 Å². The average Bonchev–Trinajstić information content (AvgIpc) is 3.54. The molecule has 0 spiro atoms. The van der Waals surface area contributed by atoms with Gasteiger partial charge in [-0.3, -0.25) is 14.4 Å². The van der Waals surface area contributed by atoms with E-state index in [4.69, 9.17) is 4.74 Å². The number of hydrogen-bond acceptors (Lipinski definition) is 6. The summed E-state index contributed by atoms with van der Waals surface area (Å²) in [5, 5.41) is 20.1. The number of likely N-dealkylation sites (N-methyl/N-ethyl adjacent to an activating group) is 1. The molecule has 1 aliphatic carbocycles. The summed E-state index contributed by atoms with van der Waals surface area (Å²) in [6, 6.07) is 16.8. The standard InChI is InChI=1S/C33H46N4O5/c1-22(34-2)30(38)35-28(25-18-11-6-12-19-25)32(40)37-21-13-20-26(37)31(39)36-29(33(41)42-3)27(23-14-7-4-8-15-23)24-16-9-5-10-17-24/h4-5,7-10,14-17,22,25-29,33-34,41H,6,11-13,18-21H2,1-3H3,(H,35,38)(H,36,39)/t22-,26-,28-,29-,33?/m0/s1. The van der Waals surface area contributed by atoms with Gasteiger partial charge in [-0.15, -0.1) is 0 Å². The molecule has 2 fully saturated rings. The van der Waals surface area contributed by atoms with E-state index in [9.17, 15) is 19.5 Å². The summed E-state index contributed by atoms with van der Waals surface area (Å²) in [6.45, 7) is 2.21. The molecule has 9 nitrogen and oxygen atoms in total. The lowest BCUT2D eigenvalue weighted by Gasteiger charge is -2.36. The van der Waals surface area contributed by atoms with Crippen LogP contribution in [0.4, 0.5) is 0 Å². The van der Waals surface area contributed by atoms with Crippen LogP contribution >= 0.6 is 0 Å². The fraction of sp³-hybridized carbons (Fsp3) is 0.545. The number of carbonyl (C=O) groups excluding carboxylic acids is 3. The van der Waals surface area contributed by atoms with Gasteiger partial charge in [0.2, 0.25) is 17.7 Å². The van der Waals surface area contributed by atoms with Crippen molar-refractivity contribution in [3.8, 4) is 0 Å². The number of likely N-dealkylation sites (tertiary alicyclic amines) is 1. The number of carbonyl (C=O) groups is 3. The summed E-state index contributed by atoms with van der Waals surface area (Å²) >= 11 is 0. The van der Waals surface area contributed by atoms with E-state index >= 15 is 0 Å². The number of hydrogen-bond donors (Lipinski definition) is 4. The number of methoxy groups -OCH3 is 1. The van der Waals surface area contributed by atoms with Crippen molar-refractivity contribution in [2.45, 2.75) is 88.2 Å². The number of nitrogens with one attached hydrogen (secondary N) is 3. The monoisotopic (exact) mass is 578 g/mol. The molecule has 42 heavy (non-hydrogen) atoms. The second kappa shape index (κ2) is 15.3. The van der Waals surface area contributed by atoms with Crippen LogP contribution in [-0.4, -0.2) is 78.9 Å². The molecule has 0 radical (unpaired) electrons. The zero-order chi connectivity index (χ0) is 30.1. The fourth-order valence-corrected chi connectivity index (χ4v) is 6.39. The predicted octanol–water partition coefficient (Wildman–Crippen LogP) is 2.93. The van der Waals surface area contributed by atoms with E-state index in [1.807, 2.05) is 60.7 Å². The van der Waals surface area contributed by atoms with Crippen molar-refractivity contribution in [3.63, 3.8) is 0 Å². The topological polar surface area (TPSA) is 120 Å². The van der Waals surface area contributed by atoms with Crippen LogP contribution in [0.3, 0.4) is 0 Å². The maximum absolute atomic E-state index is 14.1. The molecule has 9 heteroatoms. The van der Waals surface area contributed by atoms with Gasteiger partial charge in [-0.05, 0) is 56.7 Å². The van der Waals surface area contributed by atoms with Gasteiger partial charge in [-0.1, -0.05) is 79.9 Å². The molecule has 1 aliphatic heterocycles. The van der Waals surface area contributed by atoms with E-state index in [2.05, 4.69) is 16.0 Å². The molecule has 4 N–H and O–H groups in total. The van der Waals surface area contributed by atoms with Gasteiger partial charge in [0.1, 0.15) is 12.1 Å². The number of aliphatic hydroxyl groups excluding tert-OH is 1. The molecule has 0 aromatic heterocycles. The maximum atomic E-state index is 14.1. The highest BCUT2D eigenvalue weighted by molar-refractivity contribution is 5.93. The number of rotatable bonds is 12. The highest BCUT2D eigenvalue weighted by Crippen LogP contribution is 2.32. The molecule has 3 amide bonds. The Hall–Kier alpha value is -3.27. The Bertz CT molecular complexity index is 1120. The first-order valence-corrected chi connectivity index (χ1v) is 15.2. The van der Waals surface area contributed by atoms with Gasteiger partial charge in [0.05, 0.1) is 12.1 Å². The van der Waals surface area contributed by atoms with Gasteiger partial charge in [-0.2, -0.15) is 0 Å². The van der Waals surface area contributed by atoms with Crippen LogP contribution in [-0.2, 0) is 19.1 Å². The quantitative estimate of drug-likeness (QED) is 0.288. The number of ether oxygens (including phenoxy) is 1. The third-order valence-corrected chi connectivity index (χ3v) is 8.88. The fourth-order valence-electron chi connectivity index (χ4n) is 6.39. The molecule has 1 heterocycles. The molecule has 0 bridgehead atoms. The van der Waals surface area contributed by atoms with Crippen LogP contribution < -0.4 is 16.0 Å². The predicted molar refractivity (Wildman–Crippen MR) is 161 cm³/mol. The zero-order valence-corrected chi connectivity index (χ0v) is 25.0. The molecule has 1 saturated heterocycles. The second-order valence-corrected chi connectivity index (χ2v) is 11.5. The van der Waals surface area contributed by atoms with Crippen LogP contribution in [0.25, 0.3) is 0 Å². The Labute approximate surface area is 249 Å². The summed E-state index contributed by atoms with van der Waals surface area (Å²) in [6.07, 6.45) is 4.80. The number of benzene rings is 2. The largest absolute Gasteiger partial charge is 0.366 e. The summed E-state index contributed by atoms with van der Waals surface area (Å²) in [4.78, 5) is 42.6. The SMILES string of the molecule is CN[C@@H](C)C(=O)N[C@H](C(=O)N1CCC[C@H]1C(=O)N[C@H](C(O)OC)C(c1ccccc1)c1ccccc1)C1CCCCC1. The Morgan fingerprint density at radius 3 is 2.02 bits per heavy atom. The Kier molecular flexibility index (Phi) is 11.5. The lowest BCUT2D eigenvalue weighted by Crippen LogP contribution is -2.59. The van der Waals surface area contributed by atoms with Gasteiger partial charge in [-0.25, -0.2) is 0 Å². The smallest absolute Gasteiger partial charge is 0.246 e. The van der Waals surface area contributed by atoms with Crippen LogP contribution in [0.2, 0.25) is 0 Å². The maximum Gasteiger partial charge on any atom is 0.246 e. The third kappa shape index (κ3) is 7.56. The van der Waals surface area contributed by atoms with Gasteiger partial charge >= 0.3 is 0 Å². The van der Waals surface area contributed by atoms with Crippen molar-refractivity contribution in [2.24, 2.45) is 5.92 Å². The van der Waals surface area contributed by atoms with Crippen molar-refractivity contribution in [1.82, 2.24) is 20.9 Å². The molecule has 2 aromatic carbocycles. The highest BCUT2D eigenvalue weighted by atomic mass is 16.6. The summed E-state index contributed by atoms with van der Waals surface area (Å²) < 4.78 is 5.38. The van der Waals surface area contributed by atoms with Crippen molar-refractivity contribution in [2.75, 3.05) is 20.7 Å². The first-order chi connectivity index (χ1) is 20.3. The lowest BCUT2D eigenvalue weighted by atomic mass is 9.83. The molecular formula is C33H46N4O5. The Balaban J connectivity index is 1.59. The molecule has 2 aliphatic rings. The molecule has 1 unspecified atom stereocenters. The van der Waals surface area contributed by atoms with Crippen molar-refractivity contribution < 1.29 is 24.2 Å². The van der Waals surface area contributed by atoms with Gasteiger partial charge < -0.3 is 30.7 Å². The van der Waals surface area contributed by atoms with Crippen molar-refractivity contribution in [1.29, 1.82) is 0 Å². The van der Waals surface area contributed by atoms with E-state index in [1.165, 1.54) is 7.11 Å². The number of amides is 3. The third-order valence-electron chi connectivity index (χ3n) is 8.88. The Morgan fingerprint density at radius 2 is 1.48 bits per heavy atom. The molecule has 4 rings (SSSR count). The van der Waals surface area contributed by atoms with Crippen LogP contribution in [0.1, 0.15) is 68.9 Å². The van der Waals surface area contributed by atoms with E-state index < -0.39 is 36.4 Å². The first-order valence-electron chi connectivity index (χ1n) is 15.2. The minimum Gasteiger partial charge on any atom is -0.366 e. The minimum absolute atomic E-state index is 0.0344. The zero-order valence-electron chi connectivity index (χ0n) is 25.0. The number of aliphatic hydroxyl groups is 1. The van der Waals surface area contributed by atoms with Crippen molar-refractivity contribution in [3.05, 3.63) is 71.8 Å². The van der Waals surface area contributed by atoms with Gasteiger partial charge in [0, 0.05) is 19.6 Å². The normalized spacial score (nSPS) is 20.5. The second-order valence-electron chi connectivity index (χ2n) is 11.5. The van der Waals surface area contributed by atoms with Crippen LogP contribution in [0.15, 0.2) is 60.7 Å². The lowest BCUT2D eigenvalue weighted by molar-refractivity contribution is -0.145. The highest BCUT2D eigenvalue weighted by Gasteiger charge is 2.42. The Morgan fingerprint density at radius 1 is 0.881 bits per heavy atom. The van der Waals surface area contributed by atoms with Crippen LogP contribution in [0.5, 0.6) is 0 Å². The van der Waals surface area contributed by atoms with Gasteiger partial charge in [0.15, 0.2) is 6.29 Å². The van der Waals surface area contributed by atoms with E-state index in [0.717, 1.165) is 43.2 Å². The van der Waals surface area contributed by atoms with Gasteiger partial charge in [0.25, 0.3) is 0 Å². The average molecular weight is 579 g/mol.